The van der Waals surface area contributed by atoms with Gasteiger partial charge >= 0.3 is 0 Å². The van der Waals surface area contributed by atoms with E-state index in [4.69, 9.17) is 0 Å². The molecule has 0 aliphatic rings. The van der Waals surface area contributed by atoms with Crippen molar-refractivity contribution in [2.75, 3.05) is 6.26 Å². The lowest BCUT2D eigenvalue weighted by Crippen LogP contribution is -2.22. The fourth-order valence-electron chi connectivity index (χ4n) is 2.68. The second kappa shape index (κ2) is 6.50. The minimum atomic E-state index is -0.984. The van der Waals surface area contributed by atoms with Gasteiger partial charge in [0, 0.05) is 6.20 Å². The number of thioether (sulfide) groups is 1. The molecule has 2 aromatic heterocycles. The third-order valence-electron chi connectivity index (χ3n) is 3.94. The van der Waals surface area contributed by atoms with Gasteiger partial charge in [0.15, 0.2) is 10.8 Å². The summed E-state index contributed by atoms with van der Waals surface area (Å²) < 4.78 is 3.33. The molecule has 7 heteroatoms. The fourth-order valence-corrected chi connectivity index (χ4v) is 3.01. The molecule has 1 N–H and O–H groups in total. The Labute approximate surface area is 149 Å². The Morgan fingerprint density at radius 2 is 2.16 bits per heavy atom. The van der Waals surface area contributed by atoms with Gasteiger partial charge in [-0.2, -0.15) is 0 Å². The Morgan fingerprint density at radius 3 is 2.80 bits per heavy atom. The lowest BCUT2D eigenvalue weighted by molar-refractivity contribution is 0.0786. The topological polar surface area (TPSA) is 72.9 Å². The molecule has 3 rings (SSSR count). The van der Waals surface area contributed by atoms with Crippen molar-refractivity contribution in [2.24, 2.45) is 0 Å². The van der Waals surface area contributed by atoms with Crippen molar-refractivity contribution in [3.63, 3.8) is 0 Å². The summed E-state index contributed by atoms with van der Waals surface area (Å²) in [5.41, 5.74) is 0.889. The molecule has 0 radical (unpaired) electrons. The van der Waals surface area contributed by atoms with Gasteiger partial charge in [0.05, 0.1) is 17.8 Å². The molecule has 130 valence electrons. The molecular weight excluding hydrogens is 336 g/mol. The second-order valence-corrected chi connectivity index (χ2v) is 6.96. The Bertz CT molecular complexity index is 998. The standard InChI is InChI=1S/C18H20N4O2S/c1-5-9-21-16(23)14-11-19-17(25-4)20-15(14)22(21)13-8-6-7-12(10-13)18(2,3)24/h5-8,10-11,24H,1,9H2,2-4H3. The lowest BCUT2D eigenvalue weighted by atomic mass is 9.98. The van der Waals surface area contributed by atoms with Crippen molar-refractivity contribution in [1.82, 2.24) is 19.3 Å². The molecule has 0 aliphatic carbocycles. The molecule has 0 saturated carbocycles. The van der Waals surface area contributed by atoms with Crippen LogP contribution in [0.2, 0.25) is 0 Å². The monoisotopic (exact) mass is 356 g/mol. The van der Waals surface area contributed by atoms with Gasteiger partial charge in [0.1, 0.15) is 5.39 Å². The van der Waals surface area contributed by atoms with Crippen molar-refractivity contribution in [1.29, 1.82) is 0 Å². The number of allylic oxidation sites excluding steroid dienone is 1. The van der Waals surface area contributed by atoms with Crippen LogP contribution >= 0.6 is 11.8 Å². The van der Waals surface area contributed by atoms with E-state index in [1.807, 2.05) is 30.5 Å². The lowest BCUT2D eigenvalue weighted by Gasteiger charge is -2.19. The SMILES string of the molecule is C=CCn1c(=O)c2cnc(SC)nc2n1-c1cccc(C(C)(C)O)c1. The Hall–Kier alpha value is -2.38. The van der Waals surface area contributed by atoms with E-state index in [0.717, 1.165) is 11.3 Å². The van der Waals surface area contributed by atoms with Crippen LogP contribution in [0.4, 0.5) is 0 Å². The van der Waals surface area contributed by atoms with E-state index in [-0.39, 0.29) is 5.56 Å². The third-order valence-corrected chi connectivity index (χ3v) is 4.50. The quantitative estimate of drug-likeness (QED) is 0.432. The van der Waals surface area contributed by atoms with Gasteiger partial charge in [-0.25, -0.2) is 19.3 Å². The first kappa shape index (κ1) is 17.4. The molecular formula is C18H20N4O2S. The van der Waals surface area contributed by atoms with Crippen molar-refractivity contribution in [2.45, 2.75) is 31.1 Å². The van der Waals surface area contributed by atoms with Crippen LogP contribution in [0.5, 0.6) is 0 Å². The second-order valence-electron chi connectivity index (χ2n) is 6.19. The first-order valence-corrected chi connectivity index (χ1v) is 9.06. The molecule has 0 saturated heterocycles. The molecule has 0 fully saturated rings. The number of benzene rings is 1. The average Bonchev–Trinajstić information content (AvgIpc) is 2.86. The average molecular weight is 356 g/mol. The van der Waals surface area contributed by atoms with Crippen LogP contribution in [-0.2, 0) is 12.1 Å². The first-order valence-electron chi connectivity index (χ1n) is 7.83. The molecule has 6 nitrogen and oxygen atoms in total. The minimum absolute atomic E-state index is 0.170. The summed E-state index contributed by atoms with van der Waals surface area (Å²) in [7, 11) is 0. The van der Waals surface area contributed by atoms with Crippen LogP contribution in [0.1, 0.15) is 19.4 Å². The van der Waals surface area contributed by atoms with Crippen LogP contribution in [0.15, 0.2) is 53.1 Å². The number of fused-ring (bicyclic) bond motifs is 1. The number of rotatable bonds is 5. The van der Waals surface area contributed by atoms with Crippen molar-refractivity contribution >= 4 is 22.8 Å². The van der Waals surface area contributed by atoms with Gasteiger partial charge in [-0.15, -0.1) is 6.58 Å². The maximum absolute atomic E-state index is 12.8. The highest BCUT2D eigenvalue weighted by Crippen LogP contribution is 2.24. The van der Waals surface area contributed by atoms with Crippen LogP contribution in [0.25, 0.3) is 16.7 Å². The zero-order valence-electron chi connectivity index (χ0n) is 14.4. The molecule has 0 atom stereocenters. The van der Waals surface area contributed by atoms with Gasteiger partial charge in [-0.05, 0) is 37.8 Å². The van der Waals surface area contributed by atoms with Crippen molar-refractivity contribution in [3.8, 4) is 5.69 Å². The van der Waals surface area contributed by atoms with E-state index in [1.54, 1.807) is 35.5 Å². The van der Waals surface area contributed by atoms with E-state index in [0.29, 0.717) is 22.7 Å². The van der Waals surface area contributed by atoms with Gasteiger partial charge in [-0.1, -0.05) is 30.0 Å². The number of hydrogen-bond acceptors (Lipinski definition) is 5. The van der Waals surface area contributed by atoms with E-state index in [9.17, 15) is 9.90 Å². The zero-order chi connectivity index (χ0) is 18.2. The highest BCUT2D eigenvalue weighted by atomic mass is 32.2. The molecule has 2 heterocycles. The fraction of sp³-hybridized carbons (Fsp3) is 0.278. The van der Waals surface area contributed by atoms with Gasteiger partial charge < -0.3 is 5.11 Å². The predicted molar refractivity (Wildman–Crippen MR) is 100 cm³/mol. The molecule has 0 spiro atoms. The molecule has 1 aromatic carbocycles. The van der Waals surface area contributed by atoms with E-state index in [2.05, 4.69) is 16.5 Å². The number of aromatic nitrogens is 4. The third kappa shape index (κ3) is 3.12. The number of nitrogens with zero attached hydrogens (tertiary/aromatic N) is 4. The minimum Gasteiger partial charge on any atom is -0.386 e. The molecule has 0 unspecified atom stereocenters. The maximum Gasteiger partial charge on any atom is 0.278 e. The van der Waals surface area contributed by atoms with E-state index in [1.165, 1.54) is 11.8 Å². The summed E-state index contributed by atoms with van der Waals surface area (Å²) in [5, 5.41) is 11.4. The summed E-state index contributed by atoms with van der Waals surface area (Å²) >= 11 is 1.42. The predicted octanol–water partition coefficient (Wildman–Crippen LogP) is 2.72. The largest absolute Gasteiger partial charge is 0.386 e. The first-order chi connectivity index (χ1) is 11.9. The Balaban J connectivity index is 2.36. The van der Waals surface area contributed by atoms with Gasteiger partial charge in [0.25, 0.3) is 5.56 Å². The van der Waals surface area contributed by atoms with E-state index >= 15 is 0 Å². The smallest absolute Gasteiger partial charge is 0.278 e. The van der Waals surface area contributed by atoms with Crippen molar-refractivity contribution < 1.29 is 5.11 Å². The summed E-state index contributed by atoms with van der Waals surface area (Å²) in [6.07, 6.45) is 5.12. The van der Waals surface area contributed by atoms with Crippen LogP contribution in [0.3, 0.4) is 0 Å². The molecule has 0 aliphatic heterocycles. The summed E-state index contributed by atoms with van der Waals surface area (Å²) in [5.74, 6) is 0. The Kier molecular flexibility index (Phi) is 4.53. The molecule has 25 heavy (non-hydrogen) atoms. The van der Waals surface area contributed by atoms with Crippen molar-refractivity contribution in [3.05, 3.63) is 59.0 Å². The van der Waals surface area contributed by atoms with Crippen LogP contribution in [0, 0.1) is 0 Å². The molecule has 3 aromatic rings. The number of aliphatic hydroxyl groups is 1. The normalized spacial score (nSPS) is 11.8. The Morgan fingerprint density at radius 1 is 1.40 bits per heavy atom. The number of hydrogen-bond donors (Lipinski definition) is 1. The van der Waals surface area contributed by atoms with Crippen LogP contribution < -0.4 is 5.56 Å². The van der Waals surface area contributed by atoms with Crippen LogP contribution in [-0.4, -0.2) is 30.7 Å². The van der Waals surface area contributed by atoms with Gasteiger partial charge in [-0.3, -0.25) is 4.79 Å². The van der Waals surface area contributed by atoms with E-state index < -0.39 is 5.60 Å². The van der Waals surface area contributed by atoms with Gasteiger partial charge in [0.2, 0.25) is 0 Å². The summed E-state index contributed by atoms with van der Waals surface area (Å²) in [6.45, 7) is 7.54. The summed E-state index contributed by atoms with van der Waals surface area (Å²) in [6, 6.07) is 7.45. The molecule has 0 bridgehead atoms. The highest BCUT2D eigenvalue weighted by Gasteiger charge is 2.20. The molecule has 0 amide bonds. The zero-order valence-corrected chi connectivity index (χ0v) is 15.2. The highest BCUT2D eigenvalue weighted by molar-refractivity contribution is 7.98. The summed E-state index contributed by atoms with van der Waals surface area (Å²) in [4.78, 5) is 21.5. The maximum atomic E-state index is 12.8.